The zero-order chi connectivity index (χ0) is 24.5. The number of benzene rings is 2. The molecule has 2 aromatic rings. The largest absolute Gasteiger partial charge is 0.497 e. The molecular formula is C26H32Cl2N2O3S. The summed E-state index contributed by atoms with van der Waals surface area (Å²) in [5, 5.41) is 4.18. The Morgan fingerprint density at radius 3 is 2.47 bits per heavy atom. The summed E-state index contributed by atoms with van der Waals surface area (Å²) in [4.78, 5) is 28.2. The van der Waals surface area contributed by atoms with Gasteiger partial charge >= 0.3 is 0 Å². The van der Waals surface area contributed by atoms with Crippen molar-refractivity contribution in [1.29, 1.82) is 0 Å². The van der Waals surface area contributed by atoms with Gasteiger partial charge in [-0.2, -0.15) is 0 Å². The molecule has 2 amide bonds. The Balaban J connectivity index is 1.71. The second-order valence-corrected chi connectivity index (χ2v) is 10.3. The molecule has 0 aliphatic heterocycles. The normalized spacial score (nSPS) is 14.6. The zero-order valence-electron chi connectivity index (χ0n) is 19.7. The number of nitrogens with zero attached hydrogens (tertiary/aromatic N) is 1. The fourth-order valence-electron chi connectivity index (χ4n) is 4.18. The molecule has 1 unspecified atom stereocenters. The highest BCUT2D eigenvalue weighted by Crippen LogP contribution is 2.25. The van der Waals surface area contributed by atoms with E-state index < -0.39 is 6.04 Å². The Hall–Kier alpha value is -1.89. The molecule has 0 bridgehead atoms. The number of carbonyl (C=O) groups excluding carboxylic acids is 2. The van der Waals surface area contributed by atoms with Gasteiger partial charge in [-0.15, -0.1) is 11.8 Å². The van der Waals surface area contributed by atoms with E-state index >= 15 is 0 Å². The highest BCUT2D eigenvalue weighted by molar-refractivity contribution is 7.99. The topological polar surface area (TPSA) is 58.6 Å². The van der Waals surface area contributed by atoms with E-state index in [0.29, 0.717) is 22.2 Å². The van der Waals surface area contributed by atoms with Crippen LogP contribution in [0.2, 0.25) is 10.0 Å². The molecule has 1 aliphatic rings. The summed E-state index contributed by atoms with van der Waals surface area (Å²) in [6.45, 7) is 2.20. The van der Waals surface area contributed by atoms with Crippen LogP contribution in [0, 0.1) is 0 Å². The Morgan fingerprint density at radius 1 is 1.15 bits per heavy atom. The zero-order valence-corrected chi connectivity index (χ0v) is 22.0. The van der Waals surface area contributed by atoms with E-state index in [1.807, 2.05) is 37.3 Å². The number of methoxy groups -OCH3 is 1. The molecule has 1 fully saturated rings. The van der Waals surface area contributed by atoms with Crippen molar-refractivity contribution in [3.05, 3.63) is 63.6 Å². The van der Waals surface area contributed by atoms with Crippen LogP contribution in [0.1, 0.15) is 50.2 Å². The first kappa shape index (κ1) is 26.7. The Labute approximate surface area is 216 Å². The van der Waals surface area contributed by atoms with Gasteiger partial charge in [0.2, 0.25) is 11.8 Å². The van der Waals surface area contributed by atoms with Crippen molar-refractivity contribution in [2.75, 3.05) is 12.9 Å². The second-order valence-electron chi connectivity index (χ2n) is 8.51. The van der Waals surface area contributed by atoms with Gasteiger partial charge < -0.3 is 15.0 Å². The summed E-state index contributed by atoms with van der Waals surface area (Å²) < 4.78 is 5.20. The summed E-state index contributed by atoms with van der Waals surface area (Å²) in [6.07, 6.45) is 4.78. The summed E-state index contributed by atoms with van der Waals surface area (Å²) >= 11 is 14.0. The van der Waals surface area contributed by atoms with Crippen molar-refractivity contribution in [1.82, 2.24) is 10.2 Å². The Kier molecular flexibility index (Phi) is 10.4. The van der Waals surface area contributed by atoms with Gasteiger partial charge in [0, 0.05) is 28.4 Å². The number of ether oxygens (including phenoxy) is 1. The standard InChI is InChI=1S/C26H32Cl2N2O3S/c1-3-24(26(32)29-21-6-4-5-7-21)30(15-19-10-11-20(27)14-23(19)28)25(31)17-34-16-18-8-12-22(33-2)13-9-18/h8-14,21,24H,3-7,15-17H2,1-2H3,(H,29,32). The van der Waals surface area contributed by atoms with Gasteiger partial charge in [0.1, 0.15) is 11.8 Å². The number of halogens is 2. The Bertz CT molecular complexity index is 965. The highest BCUT2D eigenvalue weighted by atomic mass is 35.5. The van der Waals surface area contributed by atoms with Crippen LogP contribution >= 0.6 is 35.0 Å². The predicted octanol–water partition coefficient (Wildman–Crippen LogP) is 6.10. The molecule has 1 atom stereocenters. The smallest absolute Gasteiger partial charge is 0.243 e. The first-order chi connectivity index (χ1) is 16.4. The average Bonchev–Trinajstić information content (AvgIpc) is 3.33. The molecule has 5 nitrogen and oxygen atoms in total. The van der Waals surface area contributed by atoms with Crippen LogP contribution in [-0.4, -0.2) is 41.7 Å². The third-order valence-corrected chi connectivity index (χ3v) is 7.67. The molecule has 1 N–H and O–H groups in total. The predicted molar refractivity (Wildman–Crippen MR) is 141 cm³/mol. The lowest BCUT2D eigenvalue weighted by Gasteiger charge is -2.31. The number of rotatable bonds is 11. The molecule has 0 spiro atoms. The SMILES string of the molecule is CCC(C(=O)NC1CCCC1)N(Cc1ccc(Cl)cc1Cl)C(=O)CSCc1ccc(OC)cc1. The van der Waals surface area contributed by atoms with Crippen molar-refractivity contribution >= 4 is 46.8 Å². The minimum atomic E-state index is -0.554. The van der Waals surface area contributed by atoms with Gasteiger partial charge in [-0.3, -0.25) is 9.59 Å². The maximum atomic E-state index is 13.4. The first-order valence-electron chi connectivity index (χ1n) is 11.7. The summed E-state index contributed by atoms with van der Waals surface area (Å²) in [5.41, 5.74) is 1.88. The number of amides is 2. The summed E-state index contributed by atoms with van der Waals surface area (Å²) in [6, 6.07) is 12.7. The maximum absolute atomic E-state index is 13.4. The second kappa shape index (κ2) is 13.3. The van der Waals surface area contributed by atoms with Crippen LogP contribution in [0.25, 0.3) is 0 Å². The van der Waals surface area contributed by atoms with Crippen molar-refractivity contribution < 1.29 is 14.3 Å². The van der Waals surface area contributed by atoms with E-state index in [2.05, 4.69) is 5.32 Å². The van der Waals surface area contributed by atoms with E-state index in [-0.39, 0.29) is 30.2 Å². The monoisotopic (exact) mass is 522 g/mol. The van der Waals surface area contributed by atoms with Crippen molar-refractivity contribution in [2.45, 2.75) is 63.4 Å². The summed E-state index contributed by atoms with van der Waals surface area (Å²) in [5.74, 6) is 1.58. The molecule has 3 rings (SSSR count). The molecule has 0 aromatic heterocycles. The maximum Gasteiger partial charge on any atom is 0.243 e. The third-order valence-electron chi connectivity index (χ3n) is 6.10. The molecule has 1 saturated carbocycles. The van der Waals surface area contributed by atoms with Gasteiger partial charge in [0.25, 0.3) is 0 Å². The van der Waals surface area contributed by atoms with Crippen molar-refractivity contribution in [3.63, 3.8) is 0 Å². The summed E-state index contributed by atoms with van der Waals surface area (Å²) in [7, 11) is 1.64. The number of carbonyl (C=O) groups is 2. The lowest BCUT2D eigenvalue weighted by atomic mass is 10.1. The minimum Gasteiger partial charge on any atom is -0.497 e. The van der Waals surface area contributed by atoms with E-state index in [0.717, 1.165) is 42.6 Å². The fraction of sp³-hybridized carbons (Fsp3) is 0.462. The van der Waals surface area contributed by atoms with E-state index in [4.69, 9.17) is 27.9 Å². The van der Waals surface area contributed by atoms with E-state index in [9.17, 15) is 9.59 Å². The molecular weight excluding hydrogens is 491 g/mol. The van der Waals surface area contributed by atoms with Crippen molar-refractivity contribution in [2.24, 2.45) is 0 Å². The number of thioether (sulfide) groups is 1. The van der Waals surface area contributed by atoms with E-state index in [1.165, 1.54) is 11.8 Å². The molecule has 0 saturated heterocycles. The first-order valence-corrected chi connectivity index (χ1v) is 13.6. The fourth-order valence-corrected chi connectivity index (χ4v) is 5.52. The van der Waals surface area contributed by atoms with Crippen LogP contribution in [-0.2, 0) is 21.9 Å². The van der Waals surface area contributed by atoms with Gasteiger partial charge in [-0.25, -0.2) is 0 Å². The van der Waals surface area contributed by atoms with Gasteiger partial charge in [-0.05, 0) is 54.7 Å². The molecule has 0 radical (unpaired) electrons. The Morgan fingerprint density at radius 2 is 1.85 bits per heavy atom. The lowest BCUT2D eigenvalue weighted by molar-refractivity contribution is -0.139. The molecule has 184 valence electrons. The van der Waals surface area contributed by atoms with Crippen LogP contribution < -0.4 is 10.1 Å². The van der Waals surface area contributed by atoms with Gasteiger partial charge in [0.15, 0.2) is 0 Å². The highest BCUT2D eigenvalue weighted by Gasteiger charge is 2.30. The average molecular weight is 524 g/mol. The van der Waals surface area contributed by atoms with Crippen LogP contribution in [0.15, 0.2) is 42.5 Å². The van der Waals surface area contributed by atoms with Crippen LogP contribution in [0.4, 0.5) is 0 Å². The van der Waals surface area contributed by atoms with Crippen LogP contribution in [0.5, 0.6) is 5.75 Å². The molecule has 34 heavy (non-hydrogen) atoms. The van der Waals surface area contributed by atoms with E-state index in [1.54, 1.807) is 24.1 Å². The van der Waals surface area contributed by atoms with Crippen molar-refractivity contribution in [3.8, 4) is 5.75 Å². The quantitative estimate of drug-likeness (QED) is 0.387. The minimum absolute atomic E-state index is 0.0852. The number of nitrogens with one attached hydrogen (secondary N) is 1. The van der Waals surface area contributed by atoms with Gasteiger partial charge in [-0.1, -0.05) is 61.2 Å². The molecule has 1 aliphatic carbocycles. The number of hydrogen-bond acceptors (Lipinski definition) is 4. The van der Waals surface area contributed by atoms with Crippen LogP contribution in [0.3, 0.4) is 0 Å². The number of hydrogen-bond donors (Lipinski definition) is 1. The van der Waals surface area contributed by atoms with Gasteiger partial charge in [0.05, 0.1) is 12.9 Å². The molecule has 0 heterocycles. The molecule has 2 aromatic carbocycles. The third kappa shape index (κ3) is 7.56. The lowest BCUT2D eigenvalue weighted by Crippen LogP contribution is -2.51. The molecule has 8 heteroatoms.